The van der Waals surface area contributed by atoms with Crippen LogP contribution in [0, 0.1) is 5.92 Å². The van der Waals surface area contributed by atoms with E-state index < -0.39 is 12.1 Å². The summed E-state index contributed by atoms with van der Waals surface area (Å²) in [7, 11) is 0. The lowest BCUT2D eigenvalue weighted by molar-refractivity contribution is -0.154. The molecule has 6 aromatic carbocycles. The largest absolute Gasteiger partial charge is 0.461 e. The van der Waals surface area contributed by atoms with Gasteiger partial charge in [-0.3, -0.25) is 71.0 Å². The van der Waals surface area contributed by atoms with Crippen LogP contribution in [0.3, 0.4) is 0 Å². The van der Waals surface area contributed by atoms with E-state index in [0.29, 0.717) is 139 Å². The molecule has 0 aliphatic carbocycles. The van der Waals surface area contributed by atoms with Gasteiger partial charge in [-0.15, -0.1) is 0 Å². The number of Topliss-reactive ketones (excluding diaryl/α,β-unsaturated/α-hetero) is 4. The number of carbonyl (C=O) groups is 8. The fourth-order valence-corrected chi connectivity index (χ4v) is 15.6. The number of carbonyl (C=O) groups excluding carboxylic acids is 8. The van der Waals surface area contributed by atoms with Crippen LogP contribution in [0.15, 0.2) is 172 Å². The second kappa shape index (κ2) is 41.4. The minimum Gasteiger partial charge on any atom is -0.461 e. The highest BCUT2D eigenvalue weighted by molar-refractivity contribution is 9.11. The van der Waals surface area contributed by atoms with E-state index in [1.807, 2.05) is 36.4 Å². The fourth-order valence-electron chi connectivity index (χ4n) is 13.7. The second-order valence-electron chi connectivity index (χ2n) is 28.5. The molecule has 0 spiro atoms. The van der Waals surface area contributed by atoms with Crippen LogP contribution >= 0.6 is 110 Å². The number of aromatic nitrogens is 8. The Kier molecular flexibility index (Phi) is 31.5. The van der Waals surface area contributed by atoms with E-state index >= 15 is 0 Å². The van der Waals surface area contributed by atoms with E-state index in [4.69, 9.17) is 65.4 Å². The summed E-state index contributed by atoms with van der Waals surface area (Å²) in [6, 6.07) is 29.9. The maximum Gasteiger partial charge on any atom is 0.338 e. The zero-order chi connectivity index (χ0) is 83.9. The Hall–Kier alpha value is -8.64. The van der Waals surface area contributed by atoms with Crippen molar-refractivity contribution in [1.29, 1.82) is 0 Å². The number of hydrogen-bond donors (Lipinski definition) is 4. The SMILES string of the molecule is CC(=O)O[C@H]1CCN[C@@H]1CC(=O)Cn1cnc2cc(Br)c(Cl)cc2c1=O.CC(C)C(=O)O[C@H]1CCN[C@@H]1CC(=O)Cn1cnc2cc(Br)c(Cl)cc2c1=O.O=C(C[C@H]1NCC[C@@H]1OC(=O)Cc1ccccc1)Cn1cnc2cc(Br)c(Cl)cc2c1=O.O=C(C[C@H]1NCC[C@@H]1OC(=O)c1ccccc1)Cn1cnc2cc(Br)c(Cl)cc2c1=O. The number of esters is 4. The Labute approximate surface area is 722 Å². The van der Waals surface area contributed by atoms with Crippen LogP contribution in [0.5, 0.6) is 0 Å². The minimum atomic E-state index is -0.412. The summed E-state index contributed by atoms with van der Waals surface area (Å²) in [6.45, 7) is 7.13. The van der Waals surface area contributed by atoms with Crippen LogP contribution in [0.25, 0.3) is 43.6 Å². The number of hydrogen-bond acceptors (Lipinski definition) is 24. The van der Waals surface area contributed by atoms with Crippen LogP contribution in [0.1, 0.15) is 88.1 Å². The van der Waals surface area contributed by atoms with Gasteiger partial charge in [0.25, 0.3) is 22.2 Å². The van der Waals surface area contributed by atoms with Gasteiger partial charge in [0, 0.05) is 50.5 Å². The van der Waals surface area contributed by atoms with Gasteiger partial charge in [-0.1, -0.05) is 109 Å². The second-order valence-corrected chi connectivity index (χ2v) is 33.5. The standard InChI is InChI=1S/C23H21BrClN3O4.C22H19BrClN3O4.C19H21BrClN3O4.C17H17BrClN3O4/c24-17-11-19-16(10-18(17)25)23(31)28(13-27-19)12-15(29)9-20-21(6-7-26-20)32-22(30)8-14-4-2-1-3-5-14;23-16-10-18-15(9-17(16)24)21(29)27(12-26-18)11-14(28)8-19-20(6-7-25-19)31-22(30)13-4-2-1-3-5-13;1-10(2)19(27)28-17-3-4-22-16(17)5-11(25)8-24-9-23-15-7-13(20)14(21)6-12(15)18(24)26;1-9(23)26-16-2-3-20-15(16)4-10(24)7-22-8-21-14-6-12(18)13(19)5-11(14)17(22)25/h1-5,10-11,13,20-21,26H,6-9,12H2;1-5,9-10,12,19-20,25H,6-8,11H2;6-7,9-10,16-17,22H,3-5,8H2,1-2H3;5-6,8,15-16,20H,2-4,7H2,1H3/t20-,21+;19-,20+;16-,17+;15-,16+/m1111/s1. The number of benzene rings is 6. The van der Waals surface area contributed by atoms with Crippen molar-refractivity contribution >= 4 is 201 Å². The number of ether oxygens (including phenoxy) is 4. The van der Waals surface area contributed by atoms with Crippen molar-refractivity contribution in [2.75, 3.05) is 26.2 Å². The minimum absolute atomic E-state index is 0.0968. The molecule has 8 atom stereocenters. The first-order valence-electron chi connectivity index (χ1n) is 37.2. The molecule has 614 valence electrons. The molecule has 117 heavy (non-hydrogen) atoms. The van der Waals surface area contributed by atoms with Gasteiger partial charge in [-0.05, 0) is 182 Å². The van der Waals surface area contributed by atoms with Gasteiger partial charge in [0.1, 0.15) is 24.4 Å². The average molecular weight is 1940 g/mol. The van der Waals surface area contributed by atoms with Crippen LogP contribution in [-0.4, -0.2) is 160 Å². The molecule has 14 rings (SSSR count). The molecule has 4 N–H and O–H groups in total. The summed E-state index contributed by atoms with van der Waals surface area (Å²) in [5.74, 6) is -2.19. The summed E-state index contributed by atoms with van der Waals surface area (Å²) in [6.07, 6.45) is 7.43. The van der Waals surface area contributed by atoms with Crippen molar-refractivity contribution in [3.8, 4) is 0 Å². The highest BCUT2D eigenvalue weighted by atomic mass is 79.9. The van der Waals surface area contributed by atoms with Gasteiger partial charge in [-0.25, -0.2) is 24.7 Å². The molecular formula is C81H78Br4Cl4N12O16. The molecule has 0 amide bonds. The highest BCUT2D eigenvalue weighted by Gasteiger charge is 2.36. The lowest BCUT2D eigenvalue weighted by Gasteiger charge is -2.20. The topological polar surface area (TPSA) is 361 Å². The number of nitrogens with one attached hydrogen (secondary N) is 4. The van der Waals surface area contributed by atoms with Crippen LogP contribution < -0.4 is 43.5 Å². The summed E-state index contributed by atoms with van der Waals surface area (Å²) < 4.78 is 29.6. The molecule has 0 saturated carbocycles. The van der Waals surface area contributed by atoms with Gasteiger partial charge in [-0.2, -0.15) is 0 Å². The van der Waals surface area contributed by atoms with Gasteiger partial charge >= 0.3 is 23.9 Å². The Morgan fingerprint density at radius 2 is 0.709 bits per heavy atom. The molecule has 10 aromatic rings. The third-order valence-electron chi connectivity index (χ3n) is 19.6. The van der Waals surface area contributed by atoms with Crippen LogP contribution in [0.2, 0.25) is 20.1 Å². The van der Waals surface area contributed by atoms with E-state index in [9.17, 15) is 57.5 Å². The smallest absolute Gasteiger partial charge is 0.338 e. The first-order chi connectivity index (χ1) is 55.9. The van der Waals surface area contributed by atoms with Crippen molar-refractivity contribution in [1.82, 2.24) is 59.5 Å². The average Bonchev–Trinajstić information content (AvgIpc) is 1.35. The Balaban J connectivity index is 0.000000154. The summed E-state index contributed by atoms with van der Waals surface area (Å²) >= 11 is 37.5. The van der Waals surface area contributed by atoms with Crippen LogP contribution in [0.4, 0.5) is 0 Å². The molecule has 0 radical (unpaired) electrons. The maximum absolute atomic E-state index is 12.8. The molecule has 4 aromatic heterocycles. The van der Waals surface area contributed by atoms with Crippen molar-refractivity contribution < 1.29 is 57.3 Å². The van der Waals surface area contributed by atoms with E-state index in [2.05, 4.69) is 105 Å². The van der Waals surface area contributed by atoms with Gasteiger partial charge in [0.15, 0.2) is 23.1 Å². The molecule has 4 saturated heterocycles. The number of rotatable bonds is 24. The Bertz CT molecular complexity index is 5690. The molecule has 0 unspecified atom stereocenters. The number of nitrogens with zero attached hydrogens (tertiary/aromatic N) is 8. The van der Waals surface area contributed by atoms with Gasteiger partial charge in [0.2, 0.25) is 0 Å². The van der Waals surface area contributed by atoms with E-state index in [0.717, 1.165) is 5.56 Å². The van der Waals surface area contributed by atoms with Crippen molar-refractivity contribution in [2.45, 2.75) is 153 Å². The normalized spacial score (nSPS) is 18.8. The fraction of sp³-hybridized carbons (Fsp3) is 0.358. The molecule has 4 fully saturated rings. The molecule has 8 heterocycles. The lowest BCUT2D eigenvalue weighted by Crippen LogP contribution is -2.37. The monoisotopic (exact) mass is 1930 g/mol. The zero-order valence-electron chi connectivity index (χ0n) is 63.1. The van der Waals surface area contributed by atoms with E-state index in [-0.39, 0.29) is 170 Å². The van der Waals surface area contributed by atoms with Crippen LogP contribution in [-0.2, 0) is 85.1 Å². The maximum atomic E-state index is 12.8. The Morgan fingerprint density at radius 3 is 1.02 bits per heavy atom. The Morgan fingerprint density at radius 1 is 0.419 bits per heavy atom. The summed E-state index contributed by atoms with van der Waals surface area (Å²) in [5.41, 5.74) is 2.04. The summed E-state index contributed by atoms with van der Waals surface area (Å²) in [5, 5.41) is 15.8. The molecule has 4 aliphatic heterocycles. The molecular weight excluding hydrogens is 1860 g/mol. The number of fused-ring (bicyclic) bond motifs is 4. The molecule has 0 bridgehead atoms. The number of halogens is 8. The highest BCUT2D eigenvalue weighted by Crippen LogP contribution is 2.31. The third kappa shape index (κ3) is 23.9. The van der Waals surface area contributed by atoms with Crippen molar-refractivity contribution in [3.63, 3.8) is 0 Å². The van der Waals surface area contributed by atoms with Crippen molar-refractivity contribution in [3.05, 3.63) is 225 Å². The summed E-state index contributed by atoms with van der Waals surface area (Å²) in [4.78, 5) is 166. The van der Waals surface area contributed by atoms with E-state index in [1.54, 1.807) is 62.4 Å². The van der Waals surface area contributed by atoms with Crippen molar-refractivity contribution in [2.24, 2.45) is 5.92 Å². The van der Waals surface area contributed by atoms with Gasteiger partial charge in [0.05, 0.1) is 157 Å². The molecule has 36 heteroatoms. The predicted molar refractivity (Wildman–Crippen MR) is 455 cm³/mol. The lowest BCUT2D eigenvalue weighted by atomic mass is 10.1. The first kappa shape index (κ1) is 89.2. The third-order valence-corrected chi connectivity index (χ3v) is 24.4. The number of ketones is 4. The first-order valence-corrected chi connectivity index (χ1v) is 41.9. The molecule has 4 aliphatic rings. The van der Waals surface area contributed by atoms with Gasteiger partial charge < -0.3 is 40.2 Å². The quantitative estimate of drug-likeness (QED) is 0.0322. The zero-order valence-corrected chi connectivity index (χ0v) is 72.4. The molecule has 28 nitrogen and oxygen atoms in total. The predicted octanol–water partition coefficient (Wildman–Crippen LogP) is 11.4. The van der Waals surface area contributed by atoms with E-state index in [1.165, 1.54) is 74.8 Å².